The molecule has 0 fully saturated rings. The fourth-order valence-electron chi connectivity index (χ4n) is 4.47. The Kier molecular flexibility index (Phi) is 9.04. The number of carbonyl (C=O) groups excluding carboxylic acids is 1. The van der Waals surface area contributed by atoms with Gasteiger partial charge < -0.3 is 39.6 Å². The molecule has 2 aliphatic rings. The number of rotatable bonds is 11. The number of amides is 1. The van der Waals surface area contributed by atoms with Crippen LogP contribution in [-0.4, -0.2) is 60.9 Å². The summed E-state index contributed by atoms with van der Waals surface area (Å²) < 4.78 is 70.7. The topological polar surface area (TPSA) is 142 Å². The molecule has 2 unspecified atom stereocenters. The number of hydrogen-bond donors (Lipinski definition) is 3. The minimum absolute atomic E-state index is 0.0220. The maximum absolute atomic E-state index is 13.9. The molecule has 0 bridgehead atoms. The smallest absolute Gasteiger partial charge is 0.421 e. The SMILES string of the molecule is CCOP(=O)(Cc1ccc(Nc2ncc(C(F)(F)F)c(NC3C4=C(C=C[NH+]3[O-])CN(C)C4=O)n2)c(OC)c1)OCC. The summed E-state index contributed by atoms with van der Waals surface area (Å²) in [5.41, 5.74) is 0.288. The standard InChI is InChI=1S/C25H30F3N6O6P/c1-5-39-41(37,40-6-2)14-15-7-8-18(19(11-15)38-4)30-24-29-12-17(25(26,27)28)21(32-24)31-22-20-16(9-10-34(22)36)13-33(3)23(20)35/h7-12,22,34H,5-6,13-14H2,1-4H3,(H2,29,30,31,32). The van der Waals surface area contributed by atoms with Crippen LogP contribution in [0, 0.1) is 5.21 Å². The molecule has 0 aliphatic carbocycles. The zero-order valence-electron chi connectivity index (χ0n) is 22.7. The summed E-state index contributed by atoms with van der Waals surface area (Å²) in [6.45, 7) is 4.03. The molecular formula is C25H30F3N6O6P. The lowest BCUT2D eigenvalue weighted by molar-refractivity contribution is -0.810. The Hall–Kier alpha value is -3.49. The summed E-state index contributed by atoms with van der Waals surface area (Å²) in [7, 11) is -0.474. The monoisotopic (exact) mass is 598 g/mol. The highest BCUT2D eigenvalue weighted by atomic mass is 31.2. The van der Waals surface area contributed by atoms with Gasteiger partial charge in [-0.3, -0.25) is 9.36 Å². The summed E-state index contributed by atoms with van der Waals surface area (Å²) in [5, 5.41) is 17.5. The highest BCUT2D eigenvalue weighted by Gasteiger charge is 2.41. The van der Waals surface area contributed by atoms with Gasteiger partial charge in [0.2, 0.25) is 5.95 Å². The van der Waals surface area contributed by atoms with E-state index in [1.165, 1.54) is 31.3 Å². The molecule has 222 valence electrons. The van der Waals surface area contributed by atoms with Crippen molar-refractivity contribution >= 4 is 31.0 Å². The number of methoxy groups -OCH3 is 1. The first-order valence-corrected chi connectivity index (χ1v) is 14.3. The Morgan fingerprint density at radius 2 is 1.95 bits per heavy atom. The van der Waals surface area contributed by atoms with Gasteiger partial charge in [-0.25, -0.2) is 4.98 Å². The van der Waals surface area contributed by atoms with E-state index < -0.39 is 42.3 Å². The van der Waals surface area contributed by atoms with Crippen molar-refractivity contribution in [3.05, 3.63) is 64.2 Å². The van der Waals surface area contributed by atoms with Gasteiger partial charge in [0, 0.05) is 19.8 Å². The Morgan fingerprint density at radius 3 is 2.59 bits per heavy atom. The average Bonchev–Trinajstić information content (AvgIpc) is 3.19. The quantitative estimate of drug-likeness (QED) is 0.260. The Bertz CT molecular complexity index is 1410. The van der Waals surface area contributed by atoms with Gasteiger partial charge in [-0.05, 0) is 43.2 Å². The second-order valence-electron chi connectivity index (χ2n) is 9.13. The van der Waals surface area contributed by atoms with Crippen LogP contribution in [0.3, 0.4) is 0 Å². The van der Waals surface area contributed by atoms with E-state index in [4.69, 9.17) is 13.8 Å². The minimum atomic E-state index is -4.85. The van der Waals surface area contributed by atoms with Crippen molar-refractivity contribution in [1.29, 1.82) is 0 Å². The fourth-order valence-corrected chi connectivity index (χ4v) is 6.16. The second-order valence-corrected chi connectivity index (χ2v) is 11.2. The van der Waals surface area contributed by atoms with Crippen molar-refractivity contribution in [1.82, 2.24) is 14.9 Å². The second kappa shape index (κ2) is 12.2. The van der Waals surface area contributed by atoms with E-state index in [2.05, 4.69) is 20.6 Å². The number of benzene rings is 1. The number of anilines is 3. The maximum atomic E-state index is 13.9. The van der Waals surface area contributed by atoms with Crippen molar-refractivity contribution in [2.45, 2.75) is 32.4 Å². The van der Waals surface area contributed by atoms with Crippen molar-refractivity contribution in [2.24, 2.45) is 0 Å². The van der Waals surface area contributed by atoms with Gasteiger partial charge in [0.15, 0.2) is 6.17 Å². The van der Waals surface area contributed by atoms with Crippen LogP contribution < -0.4 is 20.4 Å². The first-order valence-electron chi connectivity index (χ1n) is 12.6. The van der Waals surface area contributed by atoms with E-state index in [1.807, 2.05) is 0 Å². The van der Waals surface area contributed by atoms with Gasteiger partial charge in [-0.1, -0.05) is 6.07 Å². The molecule has 3 N–H and O–H groups in total. The number of hydrogen-bond acceptors (Lipinski definition) is 10. The molecule has 1 amide bonds. The Balaban J connectivity index is 1.64. The first-order chi connectivity index (χ1) is 19.4. The zero-order chi connectivity index (χ0) is 29.9. The lowest BCUT2D eigenvalue weighted by Gasteiger charge is -2.32. The number of likely N-dealkylation sites (N-methyl/N-ethyl adjacent to an activating group) is 1. The van der Waals surface area contributed by atoms with E-state index in [0.29, 0.717) is 23.0 Å². The van der Waals surface area contributed by atoms with Gasteiger partial charge in [-0.15, -0.1) is 0 Å². The molecule has 4 rings (SSSR count). The summed E-state index contributed by atoms with van der Waals surface area (Å²) in [4.78, 5) is 21.8. The third kappa shape index (κ3) is 6.71. The number of carbonyl (C=O) groups is 1. The number of ether oxygens (including phenoxy) is 1. The molecule has 0 spiro atoms. The molecule has 1 aromatic heterocycles. The molecule has 16 heteroatoms. The highest BCUT2D eigenvalue weighted by molar-refractivity contribution is 7.53. The fraction of sp³-hybridized carbons (Fsp3) is 0.400. The first kappa shape index (κ1) is 30.5. The third-order valence-electron chi connectivity index (χ3n) is 6.27. The molecule has 2 atom stereocenters. The van der Waals surface area contributed by atoms with Crippen LogP contribution in [-0.2, 0) is 30.7 Å². The molecule has 2 aromatic rings. The zero-order valence-corrected chi connectivity index (χ0v) is 23.6. The molecule has 3 heterocycles. The van der Waals surface area contributed by atoms with E-state index in [1.54, 1.807) is 32.0 Å². The van der Waals surface area contributed by atoms with Crippen molar-refractivity contribution in [2.75, 3.05) is 44.5 Å². The maximum Gasteiger partial charge on any atom is 0.421 e. The summed E-state index contributed by atoms with van der Waals surface area (Å²) in [6, 6.07) is 4.77. The molecule has 0 saturated heterocycles. The van der Waals surface area contributed by atoms with E-state index in [-0.39, 0.29) is 43.2 Å². The van der Waals surface area contributed by atoms with Crippen molar-refractivity contribution < 1.29 is 41.4 Å². The normalized spacial score (nSPS) is 19.0. The van der Waals surface area contributed by atoms with Gasteiger partial charge in [-0.2, -0.15) is 18.2 Å². The van der Waals surface area contributed by atoms with E-state index in [9.17, 15) is 27.7 Å². The lowest BCUT2D eigenvalue weighted by Crippen LogP contribution is -3.09. The van der Waals surface area contributed by atoms with E-state index >= 15 is 0 Å². The number of hydroxylamine groups is 2. The molecular weight excluding hydrogens is 568 g/mol. The average molecular weight is 599 g/mol. The van der Waals surface area contributed by atoms with Gasteiger partial charge >= 0.3 is 13.8 Å². The summed E-state index contributed by atoms with van der Waals surface area (Å²) in [5.74, 6) is -1.10. The minimum Gasteiger partial charge on any atom is -0.627 e. The number of nitrogens with zero attached hydrogens (tertiary/aromatic N) is 3. The predicted molar refractivity (Wildman–Crippen MR) is 143 cm³/mol. The number of quaternary nitrogens is 1. The molecule has 0 saturated carbocycles. The number of aromatic nitrogens is 2. The van der Waals surface area contributed by atoms with Crippen LogP contribution in [0.15, 0.2) is 47.8 Å². The van der Waals surface area contributed by atoms with Crippen LogP contribution in [0.4, 0.5) is 30.6 Å². The molecule has 2 aliphatic heterocycles. The predicted octanol–water partition coefficient (Wildman–Crippen LogP) is 3.43. The van der Waals surface area contributed by atoms with E-state index in [0.717, 1.165) is 0 Å². The largest absolute Gasteiger partial charge is 0.627 e. The molecule has 41 heavy (non-hydrogen) atoms. The van der Waals surface area contributed by atoms with Crippen molar-refractivity contribution in [3.63, 3.8) is 0 Å². The van der Waals surface area contributed by atoms with Gasteiger partial charge in [0.05, 0.1) is 38.4 Å². The van der Waals surface area contributed by atoms with Crippen LogP contribution in [0.2, 0.25) is 0 Å². The highest BCUT2D eigenvalue weighted by Crippen LogP contribution is 2.51. The number of alkyl halides is 3. The van der Waals surface area contributed by atoms with Crippen molar-refractivity contribution in [3.8, 4) is 5.75 Å². The van der Waals surface area contributed by atoms with Crippen LogP contribution in [0.1, 0.15) is 25.0 Å². The summed E-state index contributed by atoms with van der Waals surface area (Å²) in [6.07, 6.45) is -2.93. The Labute approximate surface area is 234 Å². The number of nitrogens with one attached hydrogen (secondary N) is 3. The number of halogens is 3. The van der Waals surface area contributed by atoms with Crippen LogP contribution >= 0.6 is 7.60 Å². The molecule has 1 aromatic carbocycles. The van der Waals surface area contributed by atoms with Gasteiger partial charge in [0.25, 0.3) is 5.91 Å². The molecule has 0 radical (unpaired) electrons. The van der Waals surface area contributed by atoms with Gasteiger partial charge in [0.1, 0.15) is 22.7 Å². The Morgan fingerprint density at radius 1 is 1.24 bits per heavy atom. The lowest BCUT2D eigenvalue weighted by atomic mass is 10.0. The summed E-state index contributed by atoms with van der Waals surface area (Å²) >= 11 is 0. The molecule has 12 nitrogen and oxygen atoms in total. The van der Waals surface area contributed by atoms with Crippen LogP contribution in [0.5, 0.6) is 5.75 Å². The van der Waals surface area contributed by atoms with Crippen LogP contribution in [0.25, 0.3) is 0 Å². The third-order valence-corrected chi connectivity index (χ3v) is 8.32.